The number of hydrogen-bond acceptors (Lipinski definition) is 3. The third kappa shape index (κ3) is 7.50. The fourth-order valence-electron chi connectivity index (χ4n) is 2.88. The van der Waals surface area contributed by atoms with Crippen molar-refractivity contribution in [3.63, 3.8) is 0 Å². The van der Waals surface area contributed by atoms with Gasteiger partial charge in [0.25, 0.3) is 0 Å². The van der Waals surface area contributed by atoms with Crippen LogP contribution in [0.15, 0.2) is 42.5 Å². The zero-order chi connectivity index (χ0) is 21.4. The number of ether oxygens (including phenoxy) is 1. The lowest BCUT2D eigenvalue weighted by Gasteiger charge is -2.24. The van der Waals surface area contributed by atoms with Crippen molar-refractivity contribution in [3.05, 3.63) is 64.7 Å². The summed E-state index contributed by atoms with van der Waals surface area (Å²) >= 11 is 5.28. The van der Waals surface area contributed by atoms with Crippen molar-refractivity contribution in [2.24, 2.45) is 5.41 Å². The number of nitrogens with one attached hydrogen (secondary N) is 2. The lowest BCUT2D eigenvalue weighted by atomic mass is 9.87. The molecule has 156 valence electrons. The van der Waals surface area contributed by atoms with E-state index >= 15 is 0 Å². The van der Waals surface area contributed by atoms with Crippen LogP contribution in [0.25, 0.3) is 0 Å². The van der Waals surface area contributed by atoms with Gasteiger partial charge < -0.3 is 15.4 Å². The highest BCUT2D eigenvalue weighted by molar-refractivity contribution is 7.80. The van der Waals surface area contributed by atoms with Crippen molar-refractivity contribution in [1.29, 1.82) is 0 Å². The molecule has 0 bridgehead atoms. The molecule has 0 spiro atoms. The van der Waals surface area contributed by atoms with Crippen LogP contribution in [0, 0.1) is 26.2 Å². The number of carbonyl (C=O) groups excluding carboxylic acids is 1. The molecule has 2 aromatic carbocycles. The fourth-order valence-corrected chi connectivity index (χ4v) is 3.04. The molecule has 29 heavy (non-hydrogen) atoms. The summed E-state index contributed by atoms with van der Waals surface area (Å²) in [5.41, 5.74) is 4.11. The third-order valence-electron chi connectivity index (χ3n) is 4.96. The molecule has 0 atom stereocenters. The zero-order valence-corrected chi connectivity index (χ0v) is 18.9. The van der Waals surface area contributed by atoms with Crippen LogP contribution in [-0.2, 0) is 11.3 Å². The van der Waals surface area contributed by atoms with Crippen molar-refractivity contribution < 1.29 is 9.53 Å². The molecular weight excluding hydrogens is 380 g/mol. The topological polar surface area (TPSA) is 50.4 Å². The standard InChI is InChI=1S/C24H32N2O2S/c1-17-8-11-20(12-9-17)16-25-23(29)26-22(27)24(4,5)13-6-14-28-21-15-18(2)7-10-19(21)3/h7-12,15H,6,13-14,16H2,1-5H3,(H2,25,26,27,29). The van der Waals surface area contributed by atoms with Crippen LogP contribution in [0.3, 0.4) is 0 Å². The van der Waals surface area contributed by atoms with Crippen LogP contribution in [-0.4, -0.2) is 17.6 Å². The molecular formula is C24H32N2O2S. The molecule has 0 aromatic heterocycles. The maximum absolute atomic E-state index is 12.6. The van der Waals surface area contributed by atoms with Gasteiger partial charge in [0.15, 0.2) is 5.11 Å². The van der Waals surface area contributed by atoms with Gasteiger partial charge in [-0.1, -0.05) is 55.8 Å². The minimum Gasteiger partial charge on any atom is -0.493 e. The van der Waals surface area contributed by atoms with Crippen LogP contribution >= 0.6 is 12.2 Å². The van der Waals surface area contributed by atoms with E-state index in [2.05, 4.69) is 48.7 Å². The summed E-state index contributed by atoms with van der Waals surface area (Å²) in [6.45, 7) is 11.2. The van der Waals surface area contributed by atoms with E-state index in [1.54, 1.807) is 0 Å². The highest BCUT2D eigenvalue weighted by Gasteiger charge is 2.27. The minimum absolute atomic E-state index is 0.0781. The Labute approximate surface area is 180 Å². The molecule has 0 heterocycles. The lowest BCUT2D eigenvalue weighted by molar-refractivity contribution is -0.128. The number of rotatable bonds is 8. The first-order valence-corrected chi connectivity index (χ1v) is 10.4. The Bertz CT molecular complexity index is 844. The summed E-state index contributed by atoms with van der Waals surface area (Å²) in [4.78, 5) is 12.6. The molecule has 0 aliphatic carbocycles. The van der Waals surface area contributed by atoms with Gasteiger partial charge in [0.2, 0.25) is 5.91 Å². The van der Waals surface area contributed by atoms with Crippen LogP contribution in [0.5, 0.6) is 5.75 Å². The fraction of sp³-hybridized carbons (Fsp3) is 0.417. The predicted molar refractivity (Wildman–Crippen MR) is 123 cm³/mol. The molecule has 2 N–H and O–H groups in total. The predicted octanol–water partition coefficient (Wildman–Crippen LogP) is 4.99. The van der Waals surface area contributed by atoms with Crippen molar-refractivity contribution in [1.82, 2.24) is 10.6 Å². The van der Waals surface area contributed by atoms with E-state index in [0.717, 1.165) is 23.3 Å². The van der Waals surface area contributed by atoms with Crippen molar-refractivity contribution in [2.75, 3.05) is 6.61 Å². The Morgan fingerprint density at radius 2 is 1.69 bits per heavy atom. The molecule has 0 saturated heterocycles. The van der Waals surface area contributed by atoms with Crippen LogP contribution in [0.4, 0.5) is 0 Å². The van der Waals surface area contributed by atoms with Gasteiger partial charge in [-0.15, -0.1) is 0 Å². The van der Waals surface area contributed by atoms with E-state index in [1.807, 2.05) is 39.0 Å². The Morgan fingerprint density at radius 1 is 1.03 bits per heavy atom. The summed E-state index contributed by atoms with van der Waals surface area (Å²) in [7, 11) is 0. The molecule has 2 rings (SSSR count). The molecule has 0 fully saturated rings. The highest BCUT2D eigenvalue weighted by Crippen LogP contribution is 2.24. The molecule has 0 radical (unpaired) electrons. The SMILES string of the molecule is Cc1ccc(CNC(=S)NC(=O)C(C)(C)CCCOc2cc(C)ccc2C)cc1. The number of aryl methyl sites for hydroxylation is 3. The van der Waals surface area contributed by atoms with Crippen LogP contribution < -0.4 is 15.4 Å². The number of benzene rings is 2. The first-order chi connectivity index (χ1) is 13.7. The van der Waals surface area contributed by atoms with E-state index in [4.69, 9.17) is 17.0 Å². The Kier molecular flexibility index (Phi) is 8.21. The summed E-state index contributed by atoms with van der Waals surface area (Å²) in [6.07, 6.45) is 1.50. The summed E-state index contributed by atoms with van der Waals surface area (Å²) < 4.78 is 5.90. The minimum atomic E-state index is -0.527. The Hall–Kier alpha value is -2.40. The van der Waals surface area contributed by atoms with Gasteiger partial charge in [-0.2, -0.15) is 0 Å². The van der Waals surface area contributed by atoms with Gasteiger partial charge in [-0.3, -0.25) is 4.79 Å². The second-order valence-electron chi connectivity index (χ2n) is 8.23. The first kappa shape index (κ1) is 22.9. The smallest absolute Gasteiger partial charge is 0.231 e. The van der Waals surface area contributed by atoms with Crippen LogP contribution in [0.2, 0.25) is 0 Å². The maximum atomic E-state index is 12.6. The van der Waals surface area contributed by atoms with Gasteiger partial charge in [0.1, 0.15) is 5.75 Å². The summed E-state index contributed by atoms with van der Waals surface area (Å²) in [6, 6.07) is 14.4. The molecule has 4 nitrogen and oxygen atoms in total. The monoisotopic (exact) mass is 412 g/mol. The first-order valence-electron chi connectivity index (χ1n) is 10.0. The van der Waals surface area contributed by atoms with E-state index < -0.39 is 5.41 Å². The molecule has 0 saturated carbocycles. The second-order valence-corrected chi connectivity index (χ2v) is 8.64. The average Bonchev–Trinajstić information content (AvgIpc) is 2.67. The van der Waals surface area contributed by atoms with Gasteiger partial charge >= 0.3 is 0 Å². The van der Waals surface area contributed by atoms with Crippen LogP contribution in [0.1, 0.15) is 48.9 Å². The number of carbonyl (C=O) groups is 1. The van der Waals surface area contributed by atoms with Crippen molar-refractivity contribution in [3.8, 4) is 5.75 Å². The lowest BCUT2D eigenvalue weighted by Crippen LogP contribution is -2.45. The molecule has 0 aliphatic rings. The average molecular weight is 413 g/mol. The van der Waals surface area contributed by atoms with Gasteiger partial charge in [-0.05, 0) is 68.6 Å². The van der Waals surface area contributed by atoms with E-state index in [9.17, 15) is 4.79 Å². The van der Waals surface area contributed by atoms with Gasteiger partial charge in [0, 0.05) is 12.0 Å². The van der Waals surface area contributed by atoms with Crippen molar-refractivity contribution in [2.45, 2.75) is 54.0 Å². The molecule has 5 heteroatoms. The largest absolute Gasteiger partial charge is 0.493 e. The van der Waals surface area contributed by atoms with Gasteiger partial charge in [0.05, 0.1) is 6.61 Å². The quantitative estimate of drug-likeness (QED) is 0.474. The van der Waals surface area contributed by atoms with E-state index in [-0.39, 0.29) is 5.91 Å². The molecule has 0 aliphatic heterocycles. The normalized spacial score (nSPS) is 11.1. The Morgan fingerprint density at radius 3 is 2.38 bits per heavy atom. The zero-order valence-electron chi connectivity index (χ0n) is 18.1. The molecule has 0 unspecified atom stereocenters. The molecule has 1 amide bonds. The third-order valence-corrected chi connectivity index (χ3v) is 5.21. The Balaban J connectivity index is 1.74. The van der Waals surface area contributed by atoms with E-state index in [1.165, 1.54) is 11.1 Å². The van der Waals surface area contributed by atoms with E-state index in [0.29, 0.717) is 24.7 Å². The van der Waals surface area contributed by atoms with Crippen molar-refractivity contribution >= 4 is 23.2 Å². The number of thiocarbonyl (C=S) groups is 1. The summed E-state index contributed by atoms with van der Waals surface area (Å²) in [5.74, 6) is 0.833. The highest BCUT2D eigenvalue weighted by atomic mass is 32.1. The molecule has 2 aromatic rings. The van der Waals surface area contributed by atoms with Gasteiger partial charge in [-0.25, -0.2) is 0 Å². The maximum Gasteiger partial charge on any atom is 0.231 e. The number of amides is 1. The summed E-state index contributed by atoms with van der Waals surface area (Å²) in [5, 5.41) is 6.27. The second kappa shape index (κ2) is 10.4. The number of hydrogen-bond donors (Lipinski definition) is 2.